The second kappa shape index (κ2) is 8.14. The van der Waals surface area contributed by atoms with Crippen molar-refractivity contribution >= 4 is 17.5 Å². The van der Waals surface area contributed by atoms with Crippen LogP contribution < -0.4 is 5.32 Å². The molecule has 0 unspecified atom stereocenters. The Kier molecular flexibility index (Phi) is 5.84. The fourth-order valence-corrected chi connectivity index (χ4v) is 3.69. The average molecular weight is 396 g/mol. The van der Waals surface area contributed by atoms with E-state index in [4.69, 9.17) is 16.9 Å². The van der Waals surface area contributed by atoms with Crippen LogP contribution in [0.4, 0.5) is 5.95 Å². The first-order valence-electron chi connectivity index (χ1n) is 9.21. The predicted molar refractivity (Wildman–Crippen MR) is 107 cm³/mol. The molecule has 144 valence electrons. The van der Waals surface area contributed by atoms with Gasteiger partial charge in [0.05, 0.1) is 34.1 Å². The van der Waals surface area contributed by atoms with E-state index in [1.807, 2.05) is 26.0 Å². The van der Waals surface area contributed by atoms with Crippen LogP contribution in [-0.2, 0) is 12.8 Å². The summed E-state index contributed by atoms with van der Waals surface area (Å²) in [5, 5.41) is 31.9. The number of aliphatic hydroxyl groups is 1. The molecule has 2 atom stereocenters. The zero-order valence-corrected chi connectivity index (χ0v) is 16.7. The highest BCUT2D eigenvalue weighted by Crippen LogP contribution is 2.47. The maximum absolute atomic E-state index is 9.94. The summed E-state index contributed by atoms with van der Waals surface area (Å²) in [6.07, 6.45) is 3.32. The second-order valence-electron chi connectivity index (χ2n) is 7.74. The third-order valence-corrected chi connectivity index (χ3v) is 6.01. The summed E-state index contributed by atoms with van der Waals surface area (Å²) in [4.78, 5) is 8.76. The first kappa shape index (κ1) is 20.1. The van der Waals surface area contributed by atoms with Crippen molar-refractivity contribution in [1.29, 1.82) is 10.5 Å². The standard InChI is InChI=1S/C21H22ClN5O/c1-21(2)16(9-19(21)28)8-18-15(11-24)12-26-20(27-18)25-6-5-13-3-4-14(10-23)17(22)7-13/h3-4,7,12,16,19,28H,5-6,8-9H2,1-2H3,(H,25,26,27)/t16-,19+/m1/s1. The number of nitrogens with one attached hydrogen (secondary N) is 1. The van der Waals surface area contributed by atoms with Crippen LogP contribution in [0.2, 0.25) is 5.02 Å². The van der Waals surface area contributed by atoms with Crippen molar-refractivity contribution in [3.8, 4) is 12.1 Å². The zero-order chi connectivity index (χ0) is 20.3. The molecular formula is C21H22ClN5O. The van der Waals surface area contributed by atoms with Gasteiger partial charge in [-0.05, 0) is 48.3 Å². The summed E-state index contributed by atoms with van der Waals surface area (Å²) in [5.74, 6) is 0.768. The smallest absolute Gasteiger partial charge is 0.222 e. The van der Waals surface area contributed by atoms with E-state index in [1.54, 1.807) is 18.3 Å². The van der Waals surface area contributed by atoms with Crippen LogP contribution in [0.1, 0.15) is 42.7 Å². The molecule has 0 saturated heterocycles. The zero-order valence-electron chi connectivity index (χ0n) is 15.9. The van der Waals surface area contributed by atoms with Gasteiger partial charge in [0.15, 0.2) is 0 Å². The van der Waals surface area contributed by atoms with E-state index >= 15 is 0 Å². The van der Waals surface area contributed by atoms with Crippen LogP contribution in [-0.4, -0.2) is 27.7 Å². The van der Waals surface area contributed by atoms with Gasteiger partial charge in [-0.1, -0.05) is 31.5 Å². The lowest BCUT2D eigenvalue weighted by molar-refractivity contribution is -0.0978. The molecule has 3 rings (SSSR count). The minimum atomic E-state index is -0.304. The maximum atomic E-state index is 9.94. The highest BCUT2D eigenvalue weighted by atomic mass is 35.5. The van der Waals surface area contributed by atoms with Crippen LogP contribution in [0.25, 0.3) is 0 Å². The van der Waals surface area contributed by atoms with Crippen molar-refractivity contribution in [3.63, 3.8) is 0 Å². The van der Waals surface area contributed by atoms with Gasteiger partial charge in [0.1, 0.15) is 12.1 Å². The summed E-state index contributed by atoms with van der Waals surface area (Å²) in [5.41, 5.74) is 2.49. The molecule has 1 saturated carbocycles. The van der Waals surface area contributed by atoms with Crippen molar-refractivity contribution in [2.24, 2.45) is 11.3 Å². The molecule has 0 radical (unpaired) electrons. The Morgan fingerprint density at radius 2 is 2.04 bits per heavy atom. The molecular weight excluding hydrogens is 374 g/mol. The van der Waals surface area contributed by atoms with Gasteiger partial charge in [0.2, 0.25) is 5.95 Å². The van der Waals surface area contributed by atoms with E-state index in [9.17, 15) is 10.4 Å². The Bertz CT molecular complexity index is 960. The number of nitrogens with zero attached hydrogens (tertiary/aromatic N) is 4. The molecule has 2 aromatic rings. The Hall–Kier alpha value is -2.67. The van der Waals surface area contributed by atoms with Crippen LogP contribution in [0, 0.1) is 34.0 Å². The van der Waals surface area contributed by atoms with Gasteiger partial charge in [-0.15, -0.1) is 0 Å². The van der Waals surface area contributed by atoms with Crippen molar-refractivity contribution < 1.29 is 5.11 Å². The van der Waals surface area contributed by atoms with E-state index in [2.05, 4.69) is 21.4 Å². The van der Waals surface area contributed by atoms with Crippen LogP contribution in [0.15, 0.2) is 24.4 Å². The second-order valence-corrected chi connectivity index (χ2v) is 8.15. The molecule has 1 aliphatic rings. The lowest BCUT2D eigenvalue weighted by atomic mass is 9.58. The molecule has 1 aromatic carbocycles. The van der Waals surface area contributed by atoms with Crippen molar-refractivity contribution in [3.05, 3.63) is 51.8 Å². The summed E-state index contributed by atoms with van der Waals surface area (Å²) >= 11 is 6.06. The number of rotatable bonds is 6. The molecule has 28 heavy (non-hydrogen) atoms. The Morgan fingerprint density at radius 1 is 1.29 bits per heavy atom. The molecule has 0 bridgehead atoms. The Labute approximate surface area is 169 Å². The third kappa shape index (κ3) is 4.09. The molecule has 2 N–H and O–H groups in total. The number of nitriles is 2. The van der Waals surface area contributed by atoms with E-state index in [1.165, 1.54) is 0 Å². The van der Waals surface area contributed by atoms with Gasteiger partial charge in [-0.2, -0.15) is 10.5 Å². The highest BCUT2D eigenvalue weighted by Gasteiger charge is 2.47. The number of halogens is 1. The van der Waals surface area contributed by atoms with Gasteiger partial charge >= 0.3 is 0 Å². The van der Waals surface area contributed by atoms with Crippen LogP contribution in [0.5, 0.6) is 0 Å². The number of benzene rings is 1. The van der Waals surface area contributed by atoms with Gasteiger partial charge in [-0.3, -0.25) is 0 Å². The molecule has 6 nitrogen and oxygen atoms in total. The Balaban J connectivity index is 1.64. The lowest BCUT2D eigenvalue weighted by Crippen LogP contribution is -2.50. The topological polar surface area (TPSA) is 106 Å². The van der Waals surface area contributed by atoms with Gasteiger partial charge < -0.3 is 10.4 Å². The normalized spacial score (nSPS) is 19.9. The molecule has 0 spiro atoms. The lowest BCUT2D eigenvalue weighted by Gasteiger charge is -2.49. The molecule has 1 aliphatic carbocycles. The van der Waals surface area contributed by atoms with E-state index in [0.29, 0.717) is 47.2 Å². The minimum absolute atomic E-state index is 0.167. The summed E-state index contributed by atoms with van der Waals surface area (Å²) < 4.78 is 0. The minimum Gasteiger partial charge on any atom is -0.393 e. The van der Waals surface area contributed by atoms with Gasteiger partial charge in [0, 0.05) is 6.54 Å². The first-order valence-corrected chi connectivity index (χ1v) is 9.59. The van der Waals surface area contributed by atoms with Crippen molar-refractivity contribution in [2.45, 2.75) is 39.2 Å². The quantitative estimate of drug-likeness (QED) is 0.775. The number of aliphatic hydroxyl groups excluding tert-OH is 1. The average Bonchev–Trinajstić information content (AvgIpc) is 2.68. The number of anilines is 1. The number of hydrogen-bond acceptors (Lipinski definition) is 6. The fraction of sp³-hybridized carbons (Fsp3) is 0.429. The molecule has 0 aliphatic heterocycles. The van der Waals surface area contributed by atoms with E-state index < -0.39 is 0 Å². The highest BCUT2D eigenvalue weighted by molar-refractivity contribution is 6.31. The van der Waals surface area contributed by atoms with E-state index in [-0.39, 0.29) is 17.4 Å². The summed E-state index contributed by atoms with van der Waals surface area (Å²) in [6.45, 7) is 4.68. The molecule has 1 fully saturated rings. The molecule has 7 heteroatoms. The summed E-state index contributed by atoms with van der Waals surface area (Å²) in [7, 11) is 0. The summed E-state index contributed by atoms with van der Waals surface area (Å²) in [6, 6.07) is 9.58. The van der Waals surface area contributed by atoms with Gasteiger partial charge in [-0.25, -0.2) is 9.97 Å². The SMILES string of the molecule is CC1(C)[C@H](Cc2nc(NCCc3ccc(C#N)c(Cl)c3)ncc2C#N)C[C@@H]1O. The largest absolute Gasteiger partial charge is 0.393 e. The molecule has 1 aromatic heterocycles. The predicted octanol–water partition coefficient (Wildman–Crippen LogP) is 3.48. The monoisotopic (exact) mass is 395 g/mol. The molecule has 1 heterocycles. The maximum Gasteiger partial charge on any atom is 0.222 e. The number of aromatic nitrogens is 2. The van der Waals surface area contributed by atoms with E-state index in [0.717, 1.165) is 12.0 Å². The first-order chi connectivity index (χ1) is 13.3. The van der Waals surface area contributed by atoms with Crippen LogP contribution >= 0.6 is 11.6 Å². The third-order valence-electron chi connectivity index (χ3n) is 5.70. The van der Waals surface area contributed by atoms with Crippen molar-refractivity contribution in [1.82, 2.24) is 9.97 Å². The van der Waals surface area contributed by atoms with Crippen LogP contribution in [0.3, 0.4) is 0 Å². The molecule has 0 amide bonds. The Morgan fingerprint density at radius 3 is 2.64 bits per heavy atom. The van der Waals surface area contributed by atoms with Crippen molar-refractivity contribution in [2.75, 3.05) is 11.9 Å². The van der Waals surface area contributed by atoms with Gasteiger partial charge in [0.25, 0.3) is 0 Å². The number of hydrogen-bond donors (Lipinski definition) is 2. The fourth-order valence-electron chi connectivity index (χ4n) is 3.44.